The number of aliphatic hydroxyl groups excluding tert-OH is 8. The van der Waals surface area contributed by atoms with Gasteiger partial charge in [0.25, 0.3) is 0 Å². The summed E-state index contributed by atoms with van der Waals surface area (Å²) in [5.41, 5.74) is 0. The molecule has 1 rings (SSSR count). The molecular weight excluding hydrogens is 791 g/mol. The molecule has 0 saturated carbocycles. The van der Waals surface area contributed by atoms with Crippen molar-refractivity contribution in [2.75, 3.05) is 13.2 Å². The lowest BCUT2D eigenvalue weighted by Crippen LogP contribution is -2.60. The lowest BCUT2D eigenvalue weighted by atomic mass is 9.94. The van der Waals surface area contributed by atoms with Crippen LogP contribution in [-0.2, 0) is 14.3 Å². The number of hydrogen-bond donors (Lipinski definition) is 9. The third kappa shape index (κ3) is 28.9. The van der Waals surface area contributed by atoms with E-state index in [0.717, 1.165) is 38.5 Å². The number of nitrogens with one attached hydrogen (secondary N) is 1. The largest absolute Gasteiger partial charge is 0.394 e. The van der Waals surface area contributed by atoms with Crippen LogP contribution in [0.5, 0.6) is 0 Å². The van der Waals surface area contributed by atoms with Gasteiger partial charge in [0.2, 0.25) is 5.91 Å². The molecule has 1 amide bonds. The molecule has 0 radical (unpaired) electrons. The Morgan fingerprint density at radius 1 is 0.500 bits per heavy atom. The third-order valence-electron chi connectivity index (χ3n) is 13.0. The van der Waals surface area contributed by atoms with Crippen LogP contribution in [0.15, 0.2) is 0 Å². The van der Waals surface area contributed by atoms with Crippen LogP contribution < -0.4 is 5.32 Å². The van der Waals surface area contributed by atoms with Crippen LogP contribution in [0.1, 0.15) is 239 Å². The van der Waals surface area contributed by atoms with E-state index in [1.54, 1.807) is 0 Å². The van der Waals surface area contributed by atoms with E-state index < -0.39 is 80.3 Å². The van der Waals surface area contributed by atoms with Gasteiger partial charge in [-0.05, 0) is 12.8 Å². The van der Waals surface area contributed by atoms with Gasteiger partial charge in [-0.15, -0.1) is 0 Å². The van der Waals surface area contributed by atoms with Gasteiger partial charge in [-0.2, -0.15) is 0 Å². The summed E-state index contributed by atoms with van der Waals surface area (Å²) >= 11 is 0. The van der Waals surface area contributed by atoms with E-state index in [2.05, 4.69) is 19.2 Å². The second-order valence-corrected chi connectivity index (χ2v) is 18.7. The topological polar surface area (TPSA) is 209 Å². The van der Waals surface area contributed by atoms with Gasteiger partial charge in [-0.1, -0.05) is 219 Å². The van der Waals surface area contributed by atoms with Gasteiger partial charge < -0.3 is 55.6 Å². The van der Waals surface area contributed by atoms with Crippen molar-refractivity contribution in [2.45, 2.75) is 300 Å². The second-order valence-electron chi connectivity index (χ2n) is 18.7. The zero-order valence-corrected chi connectivity index (χ0v) is 39.7. The average Bonchev–Trinajstić information content (AvgIpc) is 3.27. The first-order valence-corrected chi connectivity index (χ1v) is 26.0. The SMILES string of the molecule is CCCCCCCCCCCCCCCCCCCCCCCCCC(=O)NC(CO[C@H]1O[C@H](CO)[C@H](O)[C@H](O)[C@H]1O)C(O)C(O)C(O)C(O)CCCCCCCCCCCC. The predicted molar refractivity (Wildman–Crippen MR) is 249 cm³/mol. The molecule has 10 atom stereocenters. The number of aliphatic hydroxyl groups is 8. The lowest BCUT2D eigenvalue weighted by molar-refractivity contribution is -0.303. The fourth-order valence-electron chi connectivity index (χ4n) is 8.66. The predicted octanol–water partition coefficient (Wildman–Crippen LogP) is 8.42. The summed E-state index contributed by atoms with van der Waals surface area (Å²) in [6.45, 7) is 3.31. The summed E-state index contributed by atoms with van der Waals surface area (Å²) in [7, 11) is 0. The number of rotatable bonds is 44. The molecule has 0 aliphatic carbocycles. The molecule has 0 aromatic rings. The molecule has 370 valence electrons. The van der Waals surface area contributed by atoms with E-state index >= 15 is 0 Å². The highest BCUT2D eigenvalue weighted by Crippen LogP contribution is 2.24. The number of hydrogen-bond acceptors (Lipinski definition) is 11. The molecule has 1 aliphatic heterocycles. The molecule has 1 aliphatic rings. The van der Waals surface area contributed by atoms with Crippen molar-refractivity contribution in [2.24, 2.45) is 0 Å². The Bertz CT molecular complexity index is 993. The molecule has 12 heteroatoms. The van der Waals surface area contributed by atoms with E-state index in [1.807, 2.05) is 0 Å². The van der Waals surface area contributed by atoms with Crippen molar-refractivity contribution in [3.8, 4) is 0 Å². The van der Waals surface area contributed by atoms with E-state index in [4.69, 9.17) is 9.47 Å². The Balaban J connectivity index is 2.37. The number of carbonyl (C=O) groups is 1. The lowest BCUT2D eigenvalue weighted by Gasteiger charge is -2.40. The van der Waals surface area contributed by atoms with Crippen LogP contribution in [0, 0.1) is 0 Å². The van der Waals surface area contributed by atoms with Crippen molar-refractivity contribution >= 4 is 5.91 Å². The zero-order chi connectivity index (χ0) is 45.6. The van der Waals surface area contributed by atoms with Crippen molar-refractivity contribution in [1.82, 2.24) is 5.32 Å². The summed E-state index contributed by atoms with van der Waals surface area (Å²) in [4.78, 5) is 13.1. The maximum atomic E-state index is 13.1. The highest BCUT2D eigenvalue weighted by atomic mass is 16.7. The maximum absolute atomic E-state index is 13.1. The van der Waals surface area contributed by atoms with Gasteiger partial charge in [-0.3, -0.25) is 4.79 Å². The highest BCUT2D eigenvalue weighted by Gasteiger charge is 2.45. The minimum absolute atomic E-state index is 0.169. The van der Waals surface area contributed by atoms with Crippen LogP contribution in [0.3, 0.4) is 0 Å². The van der Waals surface area contributed by atoms with Crippen molar-refractivity contribution in [3.63, 3.8) is 0 Å². The van der Waals surface area contributed by atoms with Crippen LogP contribution in [-0.4, -0.2) is 121 Å². The monoisotopic (exact) mass is 890 g/mol. The van der Waals surface area contributed by atoms with Crippen LogP contribution in [0.2, 0.25) is 0 Å². The van der Waals surface area contributed by atoms with Crippen LogP contribution in [0.4, 0.5) is 0 Å². The van der Waals surface area contributed by atoms with Gasteiger partial charge >= 0.3 is 0 Å². The normalized spacial score (nSPS) is 21.7. The first-order valence-electron chi connectivity index (χ1n) is 26.0. The highest BCUT2D eigenvalue weighted by molar-refractivity contribution is 5.76. The van der Waals surface area contributed by atoms with E-state index in [-0.39, 0.29) is 12.8 Å². The minimum Gasteiger partial charge on any atom is -0.394 e. The summed E-state index contributed by atoms with van der Waals surface area (Å²) < 4.78 is 11.0. The summed E-state index contributed by atoms with van der Waals surface area (Å²) in [5.74, 6) is -0.400. The average molecular weight is 890 g/mol. The van der Waals surface area contributed by atoms with E-state index in [0.29, 0.717) is 12.8 Å². The first-order chi connectivity index (χ1) is 30.1. The number of ether oxygens (including phenoxy) is 2. The first kappa shape index (κ1) is 59.1. The Labute approximate surface area is 378 Å². The van der Waals surface area contributed by atoms with Gasteiger partial charge in [0, 0.05) is 6.42 Å². The van der Waals surface area contributed by atoms with Gasteiger partial charge in [0.1, 0.15) is 42.7 Å². The van der Waals surface area contributed by atoms with Crippen LogP contribution >= 0.6 is 0 Å². The molecule has 1 heterocycles. The van der Waals surface area contributed by atoms with Gasteiger partial charge in [0.05, 0.1) is 25.4 Å². The minimum atomic E-state index is -1.84. The fourth-order valence-corrected chi connectivity index (χ4v) is 8.66. The molecule has 1 saturated heterocycles. The Morgan fingerprint density at radius 3 is 1.26 bits per heavy atom. The van der Waals surface area contributed by atoms with Gasteiger partial charge in [-0.25, -0.2) is 0 Å². The molecule has 62 heavy (non-hydrogen) atoms. The molecule has 0 aromatic carbocycles. The maximum Gasteiger partial charge on any atom is 0.220 e. The Morgan fingerprint density at radius 2 is 0.871 bits per heavy atom. The standard InChI is InChI=1S/C50H99NO11/c1-3-5-7-9-11-13-15-16-17-18-19-20-21-22-23-24-25-26-27-29-31-33-35-37-43(54)51-40(39-61-50-49(60)48(59)46(57)42(38-52)62-50)44(55)47(58)45(56)41(53)36-34-32-30-28-14-12-10-8-6-4-2/h40-42,44-50,52-53,55-60H,3-39H2,1-2H3,(H,51,54)/t40?,41?,42-,44?,45?,46+,47?,48+,49-,50+/m1/s1. The summed E-state index contributed by atoms with van der Waals surface area (Å²) in [6, 6.07) is -1.28. The Hall–Kier alpha value is -0.930. The van der Waals surface area contributed by atoms with E-state index in [9.17, 15) is 45.6 Å². The smallest absolute Gasteiger partial charge is 0.220 e. The van der Waals surface area contributed by atoms with Crippen molar-refractivity contribution < 1.29 is 55.1 Å². The van der Waals surface area contributed by atoms with Crippen molar-refractivity contribution in [1.29, 1.82) is 0 Å². The molecule has 1 fully saturated rings. The van der Waals surface area contributed by atoms with E-state index in [1.165, 1.54) is 161 Å². The zero-order valence-electron chi connectivity index (χ0n) is 39.7. The molecule has 5 unspecified atom stereocenters. The molecular formula is C50H99NO11. The number of carbonyl (C=O) groups excluding carboxylic acids is 1. The molecule has 12 nitrogen and oxygen atoms in total. The van der Waals surface area contributed by atoms with Crippen LogP contribution in [0.25, 0.3) is 0 Å². The number of unbranched alkanes of at least 4 members (excludes halogenated alkanes) is 31. The fraction of sp³-hybridized carbons (Fsp3) is 0.980. The molecule has 0 spiro atoms. The Kier molecular flexibility index (Phi) is 38.5. The van der Waals surface area contributed by atoms with Gasteiger partial charge in [0.15, 0.2) is 6.29 Å². The summed E-state index contributed by atoms with van der Waals surface area (Å²) in [5, 5.41) is 86.6. The molecule has 0 aromatic heterocycles. The quantitative estimate of drug-likeness (QED) is 0.0265. The third-order valence-corrected chi connectivity index (χ3v) is 13.0. The molecule has 9 N–H and O–H groups in total. The summed E-state index contributed by atoms with van der Waals surface area (Å²) in [6.07, 6.45) is 26.6. The number of amides is 1. The van der Waals surface area contributed by atoms with Crippen molar-refractivity contribution in [3.05, 3.63) is 0 Å². The molecule has 0 bridgehead atoms. The second kappa shape index (κ2) is 40.4.